The molecule has 0 aliphatic carbocycles. The number of carbonyl (C=O) groups is 2. The summed E-state index contributed by atoms with van der Waals surface area (Å²) in [7, 11) is 0. The van der Waals surface area contributed by atoms with Gasteiger partial charge in [-0.2, -0.15) is 0 Å². The van der Waals surface area contributed by atoms with Crippen LogP contribution in [0.1, 0.15) is 23.8 Å². The van der Waals surface area contributed by atoms with E-state index in [0.717, 1.165) is 0 Å². The van der Waals surface area contributed by atoms with E-state index in [1.54, 1.807) is 0 Å². The zero-order valence-corrected chi connectivity index (χ0v) is 11.7. The Morgan fingerprint density at radius 1 is 1.58 bits per heavy atom. The van der Waals surface area contributed by atoms with E-state index in [9.17, 15) is 14.7 Å². The molecule has 1 aliphatic heterocycles. The highest BCUT2D eigenvalue weighted by molar-refractivity contribution is 8.00. The van der Waals surface area contributed by atoms with Gasteiger partial charge in [0, 0.05) is 5.75 Å². The SMILES string of the molecule is CCC1SCC(C(=O)O)N1C(=O)c1cncc(Cl)n1. The van der Waals surface area contributed by atoms with Gasteiger partial charge in [0.1, 0.15) is 16.9 Å². The quantitative estimate of drug-likeness (QED) is 0.911. The number of hydrogen-bond donors (Lipinski definition) is 1. The fraction of sp³-hybridized carbons (Fsp3) is 0.455. The maximum Gasteiger partial charge on any atom is 0.327 e. The van der Waals surface area contributed by atoms with E-state index >= 15 is 0 Å². The fourth-order valence-corrected chi connectivity index (χ4v) is 3.41. The van der Waals surface area contributed by atoms with Crippen molar-refractivity contribution in [3.8, 4) is 0 Å². The van der Waals surface area contributed by atoms with Crippen LogP contribution in [0, 0.1) is 0 Å². The Morgan fingerprint density at radius 3 is 2.89 bits per heavy atom. The van der Waals surface area contributed by atoms with Crippen LogP contribution in [0.25, 0.3) is 0 Å². The lowest BCUT2D eigenvalue weighted by atomic mass is 10.2. The second-order valence-electron chi connectivity index (χ2n) is 3.99. The summed E-state index contributed by atoms with van der Waals surface area (Å²) < 4.78 is 0. The molecule has 1 amide bonds. The monoisotopic (exact) mass is 301 g/mol. The molecule has 1 N–H and O–H groups in total. The van der Waals surface area contributed by atoms with Crippen LogP contribution in [0.2, 0.25) is 5.15 Å². The van der Waals surface area contributed by atoms with Crippen LogP contribution in [0.4, 0.5) is 0 Å². The number of carboxylic acid groups (broad SMARTS) is 1. The van der Waals surface area contributed by atoms with Crippen LogP contribution in [0.15, 0.2) is 12.4 Å². The van der Waals surface area contributed by atoms with Crippen molar-refractivity contribution in [1.82, 2.24) is 14.9 Å². The largest absolute Gasteiger partial charge is 0.480 e. The summed E-state index contributed by atoms with van der Waals surface area (Å²) in [5.74, 6) is -1.07. The van der Waals surface area contributed by atoms with Gasteiger partial charge in [-0.15, -0.1) is 11.8 Å². The van der Waals surface area contributed by atoms with E-state index in [4.69, 9.17) is 11.6 Å². The van der Waals surface area contributed by atoms with E-state index < -0.39 is 17.9 Å². The highest BCUT2D eigenvalue weighted by Crippen LogP contribution is 2.32. The van der Waals surface area contributed by atoms with Gasteiger partial charge in [0.2, 0.25) is 0 Å². The number of carbonyl (C=O) groups excluding carboxylic acids is 1. The molecule has 6 nitrogen and oxygen atoms in total. The number of aromatic nitrogens is 2. The lowest BCUT2D eigenvalue weighted by molar-refractivity contribution is -0.141. The molecule has 8 heteroatoms. The Labute approximate surface area is 119 Å². The number of amides is 1. The van der Waals surface area contributed by atoms with Crippen molar-refractivity contribution in [2.75, 3.05) is 5.75 Å². The molecule has 0 radical (unpaired) electrons. The molecule has 1 aliphatic rings. The number of thioether (sulfide) groups is 1. The minimum atomic E-state index is -1.01. The molecule has 2 atom stereocenters. The van der Waals surface area contributed by atoms with Crippen LogP contribution in [0.3, 0.4) is 0 Å². The fourth-order valence-electron chi connectivity index (χ4n) is 1.92. The molecular weight excluding hydrogens is 290 g/mol. The van der Waals surface area contributed by atoms with Crippen LogP contribution in [-0.2, 0) is 4.79 Å². The Hall–Kier alpha value is -1.34. The normalized spacial score (nSPS) is 22.5. The lowest BCUT2D eigenvalue weighted by Gasteiger charge is -2.26. The Kier molecular flexibility index (Phi) is 4.26. The first-order valence-corrected chi connectivity index (χ1v) is 7.12. The molecule has 2 rings (SSSR count). The molecule has 102 valence electrons. The third-order valence-corrected chi connectivity index (χ3v) is 4.42. The smallest absolute Gasteiger partial charge is 0.327 e. The zero-order chi connectivity index (χ0) is 14.0. The number of hydrogen-bond acceptors (Lipinski definition) is 5. The van der Waals surface area contributed by atoms with Gasteiger partial charge in [-0.3, -0.25) is 9.78 Å². The van der Waals surface area contributed by atoms with E-state index in [1.165, 1.54) is 29.1 Å². The molecular formula is C11H12ClN3O3S. The van der Waals surface area contributed by atoms with Crippen molar-refractivity contribution in [1.29, 1.82) is 0 Å². The molecule has 2 heterocycles. The first kappa shape index (κ1) is 14.1. The highest BCUT2D eigenvalue weighted by Gasteiger charge is 2.41. The van der Waals surface area contributed by atoms with Crippen LogP contribution < -0.4 is 0 Å². The third kappa shape index (κ3) is 2.82. The maximum absolute atomic E-state index is 12.4. The summed E-state index contributed by atoms with van der Waals surface area (Å²) in [6.07, 6.45) is 3.29. The first-order chi connectivity index (χ1) is 9.04. The van der Waals surface area contributed by atoms with E-state index in [2.05, 4.69) is 9.97 Å². The number of nitrogens with zero attached hydrogens (tertiary/aromatic N) is 3. The van der Waals surface area contributed by atoms with Gasteiger partial charge in [0.25, 0.3) is 5.91 Å². The minimum absolute atomic E-state index is 0.0692. The topological polar surface area (TPSA) is 83.4 Å². The molecule has 1 aromatic rings. The van der Waals surface area contributed by atoms with Gasteiger partial charge < -0.3 is 10.0 Å². The Morgan fingerprint density at radius 2 is 2.32 bits per heavy atom. The predicted molar refractivity (Wildman–Crippen MR) is 71.2 cm³/mol. The minimum Gasteiger partial charge on any atom is -0.480 e. The summed E-state index contributed by atoms with van der Waals surface area (Å²) in [6, 6.07) is -0.830. The van der Waals surface area contributed by atoms with E-state index in [-0.39, 0.29) is 16.2 Å². The van der Waals surface area contributed by atoms with Crippen LogP contribution in [-0.4, -0.2) is 49.0 Å². The molecule has 0 bridgehead atoms. The van der Waals surface area contributed by atoms with Crippen molar-refractivity contribution >= 4 is 35.2 Å². The summed E-state index contributed by atoms with van der Waals surface area (Å²) in [5, 5.41) is 9.13. The van der Waals surface area contributed by atoms with Crippen molar-refractivity contribution < 1.29 is 14.7 Å². The van der Waals surface area contributed by atoms with Crippen LogP contribution >= 0.6 is 23.4 Å². The lowest BCUT2D eigenvalue weighted by Crippen LogP contribution is -2.45. The van der Waals surface area contributed by atoms with Crippen molar-refractivity contribution in [2.24, 2.45) is 0 Å². The van der Waals surface area contributed by atoms with Crippen molar-refractivity contribution in [3.05, 3.63) is 23.2 Å². The molecule has 1 aromatic heterocycles. The van der Waals surface area contributed by atoms with Gasteiger partial charge in [-0.25, -0.2) is 9.78 Å². The predicted octanol–water partition coefficient (Wildman–Crippen LogP) is 1.51. The number of halogens is 1. The number of aliphatic carboxylic acids is 1. The first-order valence-electron chi connectivity index (χ1n) is 5.69. The van der Waals surface area contributed by atoms with Crippen LogP contribution in [0.5, 0.6) is 0 Å². The van der Waals surface area contributed by atoms with Gasteiger partial charge in [-0.1, -0.05) is 18.5 Å². The van der Waals surface area contributed by atoms with Gasteiger partial charge in [0.05, 0.1) is 17.8 Å². The van der Waals surface area contributed by atoms with Crippen molar-refractivity contribution in [3.63, 3.8) is 0 Å². The molecule has 19 heavy (non-hydrogen) atoms. The molecule has 2 unspecified atom stereocenters. The summed E-state index contributed by atoms with van der Waals surface area (Å²) in [6.45, 7) is 1.91. The van der Waals surface area contributed by atoms with E-state index in [1.807, 2.05) is 6.92 Å². The molecule has 0 saturated carbocycles. The molecule has 1 fully saturated rings. The molecule has 0 aromatic carbocycles. The van der Waals surface area contributed by atoms with Gasteiger partial charge >= 0.3 is 5.97 Å². The highest BCUT2D eigenvalue weighted by atomic mass is 35.5. The van der Waals surface area contributed by atoms with E-state index in [0.29, 0.717) is 12.2 Å². The average molecular weight is 302 g/mol. The van der Waals surface area contributed by atoms with Gasteiger partial charge in [0.15, 0.2) is 0 Å². The Bertz CT molecular complexity index is 514. The number of carboxylic acids is 1. The average Bonchev–Trinajstić information content (AvgIpc) is 2.81. The second kappa shape index (κ2) is 5.75. The summed E-state index contributed by atoms with van der Waals surface area (Å²) >= 11 is 7.16. The molecule has 0 spiro atoms. The Balaban J connectivity index is 2.31. The van der Waals surface area contributed by atoms with Gasteiger partial charge in [-0.05, 0) is 6.42 Å². The standard InChI is InChI=1S/C11H12ClN3O3S/c1-2-9-15(7(5-19-9)11(17)18)10(16)6-3-13-4-8(12)14-6/h3-4,7,9H,2,5H2,1H3,(H,17,18). The molecule has 1 saturated heterocycles. The second-order valence-corrected chi connectivity index (χ2v) is 5.59. The summed E-state index contributed by atoms with van der Waals surface area (Å²) in [5.41, 5.74) is 0.0692. The summed E-state index contributed by atoms with van der Waals surface area (Å²) in [4.78, 5) is 32.6. The zero-order valence-electron chi connectivity index (χ0n) is 10.1. The number of rotatable bonds is 3. The maximum atomic E-state index is 12.4. The van der Waals surface area contributed by atoms with Crippen molar-refractivity contribution in [2.45, 2.75) is 24.8 Å². The third-order valence-electron chi connectivity index (χ3n) is 2.79.